The molecule has 1 N–H and O–H groups in total. The van der Waals surface area contributed by atoms with Crippen molar-refractivity contribution < 1.29 is 4.79 Å². The average molecular weight is 260 g/mol. The van der Waals surface area contributed by atoms with E-state index < -0.39 is 0 Å². The Morgan fingerprint density at radius 1 is 1.32 bits per heavy atom. The molecule has 0 saturated heterocycles. The van der Waals surface area contributed by atoms with Crippen LogP contribution in [0.4, 0.5) is 5.69 Å². The molecule has 0 bridgehead atoms. The van der Waals surface area contributed by atoms with Crippen LogP contribution >= 0.6 is 0 Å². The Morgan fingerprint density at radius 3 is 2.89 bits per heavy atom. The summed E-state index contributed by atoms with van der Waals surface area (Å²) in [6.45, 7) is 7.05. The minimum Gasteiger partial charge on any atom is -0.316 e. The third-order valence-electron chi connectivity index (χ3n) is 3.60. The number of hydrogen-bond donors (Lipinski definition) is 1. The summed E-state index contributed by atoms with van der Waals surface area (Å²) in [4.78, 5) is 14.1. The maximum atomic E-state index is 12.2. The molecule has 0 aromatic heterocycles. The van der Waals surface area contributed by atoms with Crippen molar-refractivity contribution in [3.63, 3.8) is 0 Å². The predicted octanol–water partition coefficient (Wildman–Crippen LogP) is 2.60. The zero-order valence-corrected chi connectivity index (χ0v) is 12.0. The highest BCUT2D eigenvalue weighted by Crippen LogP contribution is 2.27. The monoisotopic (exact) mass is 260 g/mol. The first-order valence-corrected chi connectivity index (χ1v) is 7.27. The molecule has 1 aromatic rings. The van der Waals surface area contributed by atoms with Gasteiger partial charge in [0.05, 0.1) is 0 Å². The number of carbonyl (C=O) groups is 1. The van der Waals surface area contributed by atoms with Gasteiger partial charge in [-0.25, -0.2) is 0 Å². The van der Waals surface area contributed by atoms with Gasteiger partial charge in [-0.3, -0.25) is 4.79 Å². The molecule has 3 heteroatoms. The van der Waals surface area contributed by atoms with Gasteiger partial charge in [0.25, 0.3) is 0 Å². The number of benzene rings is 1. The van der Waals surface area contributed by atoms with Crippen LogP contribution in [0.3, 0.4) is 0 Å². The molecular formula is C16H24N2O. The highest BCUT2D eigenvalue weighted by Gasteiger charge is 2.23. The van der Waals surface area contributed by atoms with Gasteiger partial charge in [0, 0.05) is 25.2 Å². The van der Waals surface area contributed by atoms with E-state index in [0.29, 0.717) is 12.3 Å². The second-order valence-electron chi connectivity index (χ2n) is 5.61. The predicted molar refractivity (Wildman–Crippen MR) is 79.4 cm³/mol. The second-order valence-corrected chi connectivity index (χ2v) is 5.61. The normalized spacial score (nSPS) is 13.9. The van der Waals surface area contributed by atoms with Gasteiger partial charge in [-0.15, -0.1) is 0 Å². The fourth-order valence-electron chi connectivity index (χ4n) is 2.44. The van der Waals surface area contributed by atoms with E-state index in [4.69, 9.17) is 0 Å². The summed E-state index contributed by atoms with van der Waals surface area (Å²) in [5.74, 6) is 0.954. The molecule has 0 spiro atoms. The van der Waals surface area contributed by atoms with Crippen molar-refractivity contribution in [1.82, 2.24) is 5.32 Å². The van der Waals surface area contributed by atoms with Gasteiger partial charge in [0.1, 0.15) is 0 Å². The molecule has 0 aliphatic carbocycles. The summed E-state index contributed by atoms with van der Waals surface area (Å²) >= 11 is 0. The maximum absolute atomic E-state index is 12.2. The fourth-order valence-corrected chi connectivity index (χ4v) is 2.44. The number of rotatable bonds is 6. The van der Waals surface area contributed by atoms with Crippen molar-refractivity contribution in [2.75, 3.05) is 24.5 Å². The van der Waals surface area contributed by atoms with E-state index in [0.717, 1.165) is 31.7 Å². The SMILES string of the molecule is CC(C)CCNCCC(=O)N1CCc2ccccc21. The lowest BCUT2D eigenvalue weighted by atomic mass is 10.1. The molecule has 104 valence electrons. The first-order valence-electron chi connectivity index (χ1n) is 7.27. The van der Waals surface area contributed by atoms with Crippen LogP contribution in [0.5, 0.6) is 0 Å². The lowest BCUT2D eigenvalue weighted by Gasteiger charge is -2.17. The number of nitrogens with zero attached hydrogens (tertiary/aromatic N) is 1. The number of anilines is 1. The molecule has 1 aliphatic rings. The maximum Gasteiger partial charge on any atom is 0.228 e. The van der Waals surface area contributed by atoms with Gasteiger partial charge < -0.3 is 10.2 Å². The Labute approximate surface area is 116 Å². The highest BCUT2D eigenvalue weighted by atomic mass is 16.2. The zero-order valence-electron chi connectivity index (χ0n) is 12.0. The summed E-state index contributed by atoms with van der Waals surface area (Å²) < 4.78 is 0. The van der Waals surface area contributed by atoms with E-state index in [1.807, 2.05) is 23.1 Å². The largest absolute Gasteiger partial charge is 0.316 e. The van der Waals surface area contributed by atoms with E-state index in [1.165, 1.54) is 12.0 Å². The van der Waals surface area contributed by atoms with Crippen LogP contribution in [0.15, 0.2) is 24.3 Å². The number of fused-ring (bicyclic) bond motifs is 1. The van der Waals surface area contributed by atoms with Gasteiger partial charge in [-0.1, -0.05) is 32.0 Å². The summed E-state index contributed by atoms with van der Waals surface area (Å²) in [7, 11) is 0. The van der Waals surface area contributed by atoms with E-state index in [2.05, 4.69) is 25.2 Å². The summed E-state index contributed by atoms with van der Waals surface area (Å²) in [5.41, 5.74) is 2.40. The molecule has 19 heavy (non-hydrogen) atoms. The Balaban J connectivity index is 1.76. The van der Waals surface area contributed by atoms with E-state index in [1.54, 1.807) is 0 Å². The molecule has 2 rings (SSSR count). The molecule has 0 unspecified atom stereocenters. The second kappa shape index (κ2) is 6.71. The molecule has 0 fully saturated rings. The summed E-state index contributed by atoms with van der Waals surface area (Å²) in [6, 6.07) is 8.21. The third kappa shape index (κ3) is 3.80. The topological polar surface area (TPSA) is 32.3 Å². The zero-order chi connectivity index (χ0) is 13.7. The summed E-state index contributed by atoms with van der Waals surface area (Å²) in [6.07, 6.45) is 2.75. The van der Waals surface area contributed by atoms with Crippen LogP contribution in [0, 0.1) is 5.92 Å². The average Bonchev–Trinajstić information content (AvgIpc) is 2.81. The quantitative estimate of drug-likeness (QED) is 0.797. The van der Waals surface area contributed by atoms with Crippen molar-refractivity contribution in [3.8, 4) is 0 Å². The van der Waals surface area contributed by atoms with Crippen molar-refractivity contribution in [1.29, 1.82) is 0 Å². The van der Waals surface area contributed by atoms with Crippen molar-refractivity contribution in [2.45, 2.75) is 33.1 Å². The number of nitrogens with one attached hydrogen (secondary N) is 1. The van der Waals surface area contributed by atoms with Crippen LogP contribution in [0.2, 0.25) is 0 Å². The van der Waals surface area contributed by atoms with Gasteiger partial charge in [0.15, 0.2) is 0 Å². The summed E-state index contributed by atoms with van der Waals surface area (Å²) in [5, 5.41) is 3.35. The van der Waals surface area contributed by atoms with E-state index in [-0.39, 0.29) is 5.91 Å². The first kappa shape index (κ1) is 14.1. The Hall–Kier alpha value is -1.35. The molecule has 1 aromatic carbocycles. The van der Waals surface area contributed by atoms with Crippen molar-refractivity contribution >= 4 is 11.6 Å². The molecule has 0 saturated carbocycles. The minimum atomic E-state index is 0.238. The molecule has 0 atom stereocenters. The van der Waals surface area contributed by atoms with Gasteiger partial charge in [0.2, 0.25) is 5.91 Å². The number of carbonyl (C=O) groups excluding carboxylic acids is 1. The Bertz CT molecular complexity index is 429. The minimum absolute atomic E-state index is 0.238. The van der Waals surface area contributed by atoms with Gasteiger partial charge >= 0.3 is 0 Å². The van der Waals surface area contributed by atoms with Gasteiger partial charge in [-0.05, 0) is 36.9 Å². The van der Waals surface area contributed by atoms with Crippen LogP contribution in [-0.4, -0.2) is 25.5 Å². The molecule has 1 aliphatic heterocycles. The van der Waals surface area contributed by atoms with E-state index >= 15 is 0 Å². The first-order chi connectivity index (χ1) is 9.18. The molecule has 0 radical (unpaired) electrons. The fraction of sp³-hybridized carbons (Fsp3) is 0.562. The van der Waals surface area contributed by atoms with E-state index in [9.17, 15) is 4.79 Å². The number of amides is 1. The Kier molecular flexibility index (Phi) is 4.97. The molecule has 1 heterocycles. The lowest BCUT2D eigenvalue weighted by Crippen LogP contribution is -2.32. The molecular weight excluding hydrogens is 236 g/mol. The number of hydrogen-bond acceptors (Lipinski definition) is 2. The molecule has 1 amide bonds. The smallest absolute Gasteiger partial charge is 0.228 e. The van der Waals surface area contributed by atoms with Crippen LogP contribution in [-0.2, 0) is 11.2 Å². The number of para-hydroxylation sites is 1. The van der Waals surface area contributed by atoms with Crippen molar-refractivity contribution in [3.05, 3.63) is 29.8 Å². The highest BCUT2D eigenvalue weighted by molar-refractivity contribution is 5.95. The standard InChI is InChI=1S/C16H24N2O/c1-13(2)7-10-17-11-8-16(19)18-12-9-14-5-3-4-6-15(14)18/h3-6,13,17H,7-12H2,1-2H3. The third-order valence-corrected chi connectivity index (χ3v) is 3.60. The van der Waals surface area contributed by atoms with Crippen LogP contribution in [0.1, 0.15) is 32.3 Å². The van der Waals surface area contributed by atoms with Crippen molar-refractivity contribution in [2.24, 2.45) is 5.92 Å². The van der Waals surface area contributed by atoms with Gasteiger partial charge in [-0.2, -0.15) is 0 Å². The van der Waals surface area contributed by atoms with Crippen LogP contribution in [0.25, 0.3) is 0 Å². The van der Waals surface area contributed by atoms with Crippen LogP contribution < -0.4 is 10.2 Å². The Morgan fingerprint density at radius 2 is 2.11 bits per heavy atom. The lowest BCUT2D eigenvalue weighted by molar-refractivity contribution is -0.118. The molecule has 3 nitrogen and oxygen atoms in total.